The fourth-order valence-corrected chi connectivity index (χ4v) is 8.19. The second kappa shape index (κ2) is 21.2. The number of carbonyl (C=O) groups excluding carboxylic acids is 6. The van der Waals surface area contributed by atoms with Gasteiger partial charge in [0.25, 0.3) is 17.7 Å². The Morgan fingerprint density at radius 3 is 2.26 bits per heavy atom. The van der Waals surface area contributed by atoms with Crippen LogP contribution in [0.4, 0.5) is 22.8 Å². The first kappa shape index (κ1) is 48.2. The summed E-state index contributed by atoms with van der Waals surface area (Å²) in [6, 6.07) is 11.2. The van der Waals surface area contributed by atoms with Gasteiger partial charge >= 0.3 is 18.2 Å². The van der Waals surface area contributed by atoms with Gasteiger partial charge in [-0.1, -0.05) is 30.3 Å². The van der Waals surface area contributed by atoms with E-state index >= 15 is 8.78 Å². The second-order valence-electron chi connectivity index (χ2n) is 17.3. The zero-order chi connectivity index (χ0) is 47.0. The summed E-state index contributed by atoms with van der Waals surface area (Å²) < 4.78 is 70.0. The van der Waals surface area contributed by atoms with Crippen molar-refractivity contribution in [2.24, 2.45) is 11.8 Å². The Morgan fingerprint density at radius 2 is 1.60 bits per heavy atom. The van der Waals surface area contributed by atoms with Crippen LogP contribution in [-0.2, 0) is 44.7 Å². The lowest BCUT2D eigenvalue weighted by Crippen LogP contribution is -2.50. The molecular weight excluding hydrogens is 854 g/mol. The number of amides is 5. The first-order valence-electron chi connectivity index (χ1n) is 21.6. The molecule has 0 radical (unpaired) electrons. The molecule has 3 aliphatic heterocycles. The first-order chi connectivity index (χ1) is 30.9. The third kappa shape index (κ3) is 12.5. The van der Waals surface area contributed by atoms with Gasteiger partial charge in [0.2, 0.25) is 0 Å². The molecule has 3 aromatic rings. The molecule has 0 bridgehead atoms. The highest BCUT2D eigenvalue weighted by atomic mass is 19.1. The summed E-state index contributed by atoms with van der Waals surface area (Å²) in [4.78, 5) is 87.1. The molecule has 4 atom stereocenters. The van der Waals surface area contributed by atoms with Gasteiger partial charge in [0.15, 0.2) is 6.10 Å². The van der Waals surface area contributed by atoms with Gasteiger partial charge < -0.3 is 38.2 Å². The smallest absolute Gasteiger partial charge is 0.410 e. The van der Waals surface area contributed by atoms with Gasteiger partial charge in [-0.25, -0.2) is 27.7 Å². The van der Waals surface area contributed by atoms with Crippen LogP contribution in [0.2, 0.25) is 0 Å². The van der Waals surface area contributed by atoms with Crippen LogP contribution in [0.25, 0.3) is 11.3 Å². The molecule has 0 spiro atoms. The second-order valence-corrected chi connectivity index (χ2v) is 17.3. The van der Waals surface area contributed by atoms with Crippen LogP contribution in [0, 0.1) is 23.5 Å². The molecule has 16 nitrogen and oxygen atoms in total. The van der Waals surface area contributed by atoms with Crippen LogP contribution >= 0.6 is 0 Å². The van der Waals surface area contributed by atoms with Crippen LogP contribution < -0.4 is 0 Å². The highest BCUT2D eigenvalue weighted by Gasteiger charge is 2.45. The zero-order valence-corrected chi connectivity index (χ0v) is 37.1. The van der Waals surface area contributed by atoms with E-state index in [0.29, 0.717) is 0 Å². The van der Waals surface area contributed by atoms with Crippen molar-refractivity contribution in [1.82, 2.24) is 29.2 Å². The van der Waals surface area contributed by atoms with Gasteiger partial charge in [-0.2, -0.15) is 0 Å². The van der Waals surface area contributed by atoms with E-state index in [1.165, 1.54) is 33.8 Å². The minimum atomic E-state index is -1.59. The quantitative estimate of drug-likeness (QED) is 0.0749. The molecule has 2 aromatic carbocycles. The molecular formula is C46H55F3N6O10. The maximum absolute atomic E-state index is 16.2. The number of aromatic nitrogens is 2. The number of piperidine rings is 1. The summed E-state index contributed by atoms with van der Waals surface area (Å²) in [7, 11) is 0. The number of alkyl halides is 1. The van der Waals surface area contributed by atoms with Crippen molar-refractivity contribution in [3.8, 4) is 11.3 Å². The van der Waals surface area contributed by atoms with E-state index < -0.39 is 83.3 Å². The first-order valence-corrected chi connectivity index (χ1v) is 21.6. The lowest BCUT2D eigenvalue weighted by molar-refractivity contribution is -0.160. The topological polar surface area (TPSA) is 170 Å². The molecule has 19 heteroatoms. The highest BCUT2D eigenvalue weighted by molar-refractivity contribution is 6.12. The van der Waals surface area contributed by atoms with E-state index in [1.807, 2.05) is 30.3 Å². The van der Waals surface area contributed by atoms with Crippen molar-refractivity contribution in [3.05, 3.63) is 89.9 Å². The monoisotopic (exact) mass is 908 g/mol. The fraction of sp³-hybridized carbons (Fsp3) is 0.500. The third-order valence-electron chi connectivity index (χ3n) is 11.3. The fourth-order valence-electron chi connectivity index (χ4n) is 8.19. The van der Waals surface area contributed by atoms with Gasteiger partial charge in [-0.15, -0.1) is 0 Å². The maximum atomic E-state index is 16.2. The molecule has 0 saturated carbocycles. The van der Waals surface area contributed by atoms with Gasteiger partial charge in [0.05, 0.1) is 38.0 Å². The van der Waals surface area contributed by atoms with E-state index in [9.17, 15) is 33.2 Å². The minimum absolute atomic E-state index is 0.00587. The van der Waals surface area contributed by atoms with Crippen LogP contribution in [0.1, 0.15) is 64.9 Å². The number of ether oxygens (including phenoxy) is 4. The molecule has 5 amide bonds. The number of benzene rings is 2. The Balaban J connectivity index is 1.31. The summed E-state index contributed by atoms with van der Waals surface area (Å²) >= 11 is 0. The molecule has 6 rings (SSSR count). The molecule has 3 aliphatic rings. The average Bonchev–Trinajstić information content (AvgIpc) is 3.94. The normalized spacial score (nSPS) is 18.8. The minimum Gasteiger partial charge on any atom is -0.453 e. The van der Waals surface area contributed by atoms with E-state index in [0.717, 1.165) is 35.6 Å². The van der Waals surface area contributed by atoms with Gasteiger partial charge in [-0.3, -0.25) is 24.1 Å². The molecule has 0 aliphatic carbocycles. The average molecular weight is 909 g/mol. The Hall–Kier alpha value is -6.24. The Kier molecular flexibility index (Phi) is 15.7. The molecule has 350 valence electrons. The molecule has 2 saturated heterocycles. The van der Waals surface area contributed by atoms with Gasteiger partial charge in [-0.05, 0) is 70.2 Å². The molecule has 4 heterocycles. The molecule has 4 unspecified atom stereocenters. The lowest BCUT2D eigenvalue weighted by atomic mass is 9.86. The number of rotatable bonds is 16. The van der Waals surface area contributed by atoms with E-state index in [4.69, 9.17) is 23.9 Å². The number of imidazole rings is 1. The van der Waals surface area contributed by atoms with Crippen molar-refractivity contribution < 1.29 is 60.9 Å². The summed E-state index contributed by atoms with van der Waals surface area (Å²) in [5, 5.41) is 0. The molecule has 0 N–H and O–H groups in total. The zero-order valence-electron chi connectivity index (χ0n) is 37.1. The van der Waals surface area contributed by atoms with Crippen molar-refractivity contribution >= 4 is 35.9 Å². The number of halogens is 3. The van der Waals surface area contributed by atoms with Crippen LogP contribution in [0.15, 0.2) is 66.9 Å². The molecule has 65 heavy (non-hydrogen) atoms. The number of imide groups is 1. The van der Waals surface area contributed by atoms with E-state index in [2.05, 4.69) is 0 Å². The Labute approximate surface area is 375 Å². The molecule has 1 aromatic heterocycles. The summed E-state index contributed by atoms with van der Waals surface area (Å²) in [6.07, 6.45) is 0.165. The summed E-state index contributed by atoms with van der Waals surface area (Å²) in [5.74, 6) is -4.90. The number of nitrogens with zero attached hydrogens (tertiary/aromatic N) is 6. The molecule has 2 fully saturated rings. The number of hydrogen-bond donors (Lipinski definition) is 0. The van der Waals surface area contributed by atoms with Crippen molar-refractivity contribution in [2.45, 2.75) is 77.9 Å². The van der Waals surface area contributed by atoms with Crippen LogP contribution in [-0.4, -0.2) is 142 Å². The van der Waals surface area contributed by atoms with Gasteiger partial charge in [0.1, 0.15) is 35.8 Å². The number of esters is 1. The number of carbonyl (C=O) groups is 6. The van der Waals surface area contributed by atoms with E-state index in [1.54, 1.807) is 31.5 Å². The van der Waals surface area contributed by atoms with Gasteiger partial charge in [0, 0.05) is 69.5 Å². The summed E-state index contributed by atoms with van der Waals surface area (Å²) in [5.41, 5.74) is -0.107. The maximum Gasteiger partial charge on any atom is 0.410 e. The van der Waals surface area contributed by atoms with Crippen LogP contribution in [0.5, 0.6) is 0 Å². The number of likely N-dealkylation sites (tertiary alicyclic amines) is 2. The Bertz CT molecular complexity index is 2220. The van der Waals surface area contributed by atoms with Crippen LogP contribution in [0.3, 0.4) is 0 Å². The largest absolute Gasteiger partial charge is 0.453 e. The van der Waals surface area contributed by atoms with E-state index in [-0.39, 0.29) is 95.6 Å². The predicted octanol–water partition coefficient (Wildman–Crippen LogP) is 5.69. The third-order valence-corrected chi connectivity index (χ3v) is 11.3. The lowest BCUT2D eigenvalue weighted by Gasteiger charge is -2.42. The van der Waals surface area contributed by atoms with Crippen molar-refractivity contribution in [3.63, 3.8) is 0 Å². The SMILES string of the molecule is CC(=O)OC(C)C(=O)N(CC1CN(C(=O)OC(C)(C)C)CC1F)C(c1nc(-c2cc(F)ccc2F)cn1Cc1ccccc1)C1CCN(C(=O)OCCOCCN2C(=O)C=CC2=O)CC1. The highest BCUT2D eigenvalue weighted by Crippen LogP contribution is 2.39. The number of hydrogen-bond acceptors (Lipinski definition) is 11. The van der Waals surface area contributed by atoms with Crippen molar-refractivity contribution in [1.29, 1.82) is 0 Å². The summed E-state index contributed by atoms with van der Waals surface area (Å²) in [6.45, 7) is 7.44. The van der Waals surface area contributed by atoms with Crippen molar-refractivity contribution in [2.75, 3.05) is 59.1 Å². The standard InChI is InChI=1S/C46H55F3N6O10/c1-29(64-30(2)56)43(59)55(26-33-25-53(27-37(33)49)45(61)65-46(3,4)5)41(32-15-17-51(18-16-32)44(60)63-22-21-62-20-19-54-39(57)13-14-40(54)58)42-50-38(35-23-34(47)11-12-36(35)48)28-52(42)24-31-9-7-6-8-10-31/h6-14,23,28-29,32-33,37,41H,15-22,24-27H2,1-5H3. The predicted molar refractivity (Wildman–Crippen MR) is 227 cm³/mol. The Morgan fingerprint density at radius 1 is 0.908 bits per heavy atom.